The minimum Gasteiger partial charge on any atom is -0.351 e. The summed E-state index contributed by atoms with van der Waals surface area (Å²) in [5.41, 5.74) is 0. The van der Waals surface area contributed by atoms with E-state index < -0.39 is 11.6 Å². The van der Waals surface area contributed by atoms with Crippen LogP contribution in [0.15, 0.2) is 0 Å². The molecule has 0 aliphatic rings. The molecule has 2 unspecified atom stereocenters. The minimum atomic E-state index is -0.765. The summed E-state index contributed by atoms with van der Waals surface area (Å²) >= 11 is 0. The van der Waals surface area contributed by atoms with Gasteiger partial charge in [-0.2, -0.15) is 0 Å². The van der Waals surface area contributed by atoms with E-state index in [1.807, 2.05) is 0 Å². The van der Waals surface area contributed by atoms with Crippen molar-refractivity contribution >= 4 is 0 Å². The van der Waals surface area contributed by atoms with E-state index in [0.29, 0.717) is 0 Å². The van der Waals surface area contributed by atoms with Gasteiger partial charge in [0.15, 0.2) is 11.6 Å². The minimum absolute atomic E-state index is 0.108. The van der Waals surface area contributed by atoms with E-state index >= 15 is 0 Å². The zero-order chi connectivity index (χ0) is 26.4. The van der Waals surface area contributed by atoms with Crippen LogP contribution in [0, 0.1) is 0 Å². The highest BCUT2D eigenvalue weighted by Crippen LogP contribution is 2.31. The van der Waals surface area contributed by atoms with E-state index in [0.717, 1.165) is 64.2 Å². The lowest BCUT2D eigenvalue weighted by atomic mass is 9.97. The first kappa shape index (κ1) is 34.7. The predicted octanol–water partition coefficient (Wildman–Crippen LogP) is 7.21. The number of rotatable bonds is 26. The van der Waals surface area contributed by atoms with Gasteiger partial charge in [0.05, 0.1) is 0 Å². The van der Waals surface area contributed by atoms with Crippen LogP contribution < -0.4 is 0 Å². The van der Waals surface area contributed by atoms with Crippen molar-refractivity contribution in [2.75, 3.05) is 42.0 Å². The Kier molecular flexibility index (Phi) is 21.6. The van der Waals surface area contributed by atoms with Crippen molar-refractivity contribution in [3.8, 4) is 0 Å². The van der Waals surface area contributed by atoms with Gasteiger partial charge >= 0.3 is 0 Å². The monoisotopic (exact) mass is 506 g/mol. The molecule has 0 aliphatic heterocycles. The normalized spacial score (nSPS) is 14.4. The number of ether oxygens (including phenoxy) is 7. The van der Waals surface area contributed by atoms with Gasteiger partial charge < -0.3 is 33.2 Å². The maximum Gasteiger partial charge on any atom is 0.194 e. The molecule has 0 aromatic rings. The third-order valence-corrected chi connectivity index (χ3v) is 6.93. The third-order valence-electron chi connectivity index (χ3n) is 6.93. The van der Waals surface area contributed by atoms with E-state index in [2.05, 4.69) is 27.7 Å². The zero-order valence-electron chi connectivity index (χ0n) is 24.3. The fourth-order valence-corrected chi connectivity index (χ4v) is 4.70. The van der Waals surface area contributed by atoms with Gasteiger partial charge in [-0.3, -0.25) is 0 Å². The second-order valence-electron chi connectivity index (χ2n) is 9.39. The van der Waals surface area contributed by atoms with E-state index in [-0.39, 0.29) is 25.8 Å². The second kappa shape index (κ2) is 21.8. The van der Waals surface area contributed by atoms with Crippen LogP contribution in [0.4, 0.5) is 0 Å². The molecule has 0 aromatic carbocycles. The van der Waals surface area contributed by atoms with Crippen molar-refractivity contribution in [2.45, 2.75) is 141 Å². The van der Waals surface area contributed by atoms with Gasteiger partial charge in [-0.25, -0.2) is 0 Å². The van der Waals surface area contributed by atoms with E-state index in [1.165, 1.54) is 25.7 Å². The maximum absolute atomic E-state index is 6.14. The molecule has 0 aromatic heterocycles. The maximum atomic E-state index is 6.14. The molecule has 0 aliphatic carbocycles. The molecule has 35 heavy (non-hydrogen) atoms. The molecule has 7 nitrogen and oxygen atoms in total. The Morgan fingerprint density at radius 2 is 0.857 bits per heavy atom. The number of hydrogen-bond acceptors (Lipinski definition) is 7. The van der Waals surface area contributed by atoms with Crippen molar-refractivity contribution in [1.82, 2.24) is 0 Å². The molecule has 0 fully saturated rings. The lowest BCUT2D eigenvalue weighted by molar-refractivity contribution is -0.307. The molecular formula is C28H58O7. The molecule has 0 amide bonds. The fraction of sp³-hybridized carbons (Fsp3) is 1.00. The van der Waals surface area contributed by atoms with Gasteiger partial charge in [0.1, 0.15) is 25.8 Å². The summed E-state index contributed by atoms with van der Waals surface area (Å²) in [5, 5.41) is 0. The molecule has 212 valence electrons. The van der Waals surface area contributed by atoms with Crippen LogP contribution in [0.5, 0.6) is 0 Å². The Bertz CT molecular complexity index is 413. The molecule has 2 atom stereocenters. The van der Waals surface area contributed by atoms with Crippen molar-refractivity contribution in [1.29, 1.82) is 0 Å². The van der Waals surface area contributed by atoms with E-state index in [4.69, 9.17) is 33.2 Å². The highest BCUT2D eigenvalue weighted by Gasteiger charge is 2.40. The van der Waals surface area contributed by atoms with Crippen molar-refractivity contribution in [3.05, 3.63) is 0 Å². The molecule has 0 N–H and O–H groups in total. The van der Waals surface area contributed by atoms with Gasteiger partial charge in [-0.05, 0) is 25.7 Å². The Morgan fingerprint density at radius 3 is 1.14 bits per heavy atom. The highest BCUT2D eigenvalue weighted by molar-refractivity contribution is 4.81. The molecule has 0 saturated heterocycles. The quantitative estimate of drug-likeness (QED) is 0.0907. The predicted molar refractivity (Wildman–Crippen MR) is 141 cm³/mol. The van der Waals surface area contributed by atoms with Crippen LogP contribution >= 0.6 is 0 Å². The third kappa shape index (κ3) is 12.7. The van der Waals surface area contributed by atoms with Crippen LogP contribution in [0.3, 0.4) is 0 Å². The summed E-state index contributed by atoms with van der Waals surface area (Å²) in [7, 11) is 6.79. The first-order chi connectivity index (χ1) is 17.0. The molecule has 0 heterocycles. The molecule has 0 rings (SSSR count). The summed E-state index contributed by atoms with van der Waals surface area (Å²) in [5.74, 6) is -1.53. The molecule has 0 spiro atoms. The first-order valence-electron chi connectivity index (χ1n) is 14.0. The summed E-state index contributed by atoms with van der Waals surface area (Å²) < 4.78 is 41.5. The van der Waals surface area contributed by atoms with Crippen molar-refractivity contribution in [3.63, 3.8) is 0 Å². The SMILES string of the molecule is CCCCCCC(OC)(OC)C(CCC)OCOCOC(CCC)C(CCCCCC)(OC)OC. The summed E-state index contributed by atoms with van der Waals surface area (Å²) in [6, 6.07) is 0. The first-order valence-corrected chi connectivity index (χ1v) is 14.0. The molecule has 0 radical (unpaired) electrons. The molecule has 7 heteroatoms. The van der Waals surface area contributed by atoms with Gasteiger partial charge in [0.2, 0.25) is 0 Å². The number of hydrogen-bond donors (Lipinski definition) is 0. The average Bonchev–Trinajstić information content (AvgIpc) is 2.88. The Hall–Kier alpha value is -0.280. The lowest BCUT2D eigenvalue weighted by Crippen LogP contribution is -2.48. The largest absolute Gasteiger partial charge is 0.351 e. The standard InChI is InChI=1S/C28H58O7/c1-9-13-15-17-21-27(29-5,30-6)25(19-11-3)34-23-33-24-35-26(20-12-4)28(31-7,32-8)22-18-16-14-10-2/h25-26H,9-24H2,1-8H3. The number of unbranched alkanes of at least 4 members (excludes halogenated alkanes) is 6. The summed E-state index contributed by atoms with van der Waals surface area (Å²) in [4.78, 5) is 0. The van der Waals surface area contributed by atoms with Crippen LogP contribution in [0.1, 0.15) is 118 Å². The van der Waals surface area contributed by atoms with E-state index in [1.54, 1.807) is 28.4 Å². The Morgan fingerprint density at radius 1 is 0.486 bits per heavy atom. The zero-order valence-corrected chi connectivity index (χ0v) is 24.3. The molecular weight excluding hydrogens is 448 g/mol. The van der Waals surface area contributed by atoms with Crippen molar-refractivity contribution in [2.24, 2.45) is 0 Å². The van der Waals surface area contributed by atoms with Crippen LogP contribution in [0.2, 0.25) is 0 Å². The molecule has 0 saturated carbocycles. The van der Waals surface area contributed by atoms with Crippen molar-refractivity contribution < 1.29 is 33.2 Å². The van der Waals surface area contributed by atoms with Crippen LogP contribution in [-0.4, -0.2) is 65.8 Å². The second-order valence-corrected chi connectivity index (χ2v) is 9.39. The molecule has 0 bridgehead atoms. The Balaban J connectivity index is 4.93. The Labute approximate surface area is 216 Å². The summed E-state index contributed by atoms with van der Waals surface area (Å²) in [6.07, 6.45) is 13.9. The lowest BCUT2D eigenvalue weighted by Gasteiger charge is -2.39. The van der Waals surface area contributed by atoms with Crippen LogP contribution in [0.25, 0.3) is 0 Å². The summed E-state index contributed by atoms with van der Waals surface area (Å²) in [6.45, 7) is 8.91. The van der Waals surface area contributed by atoms with Gasteiger partial charge in [-0.15, -0.1) is 0 Å². The number of methoxy groups -OCH3 is 4. The van der Waals surface area contributed by atoms with E-state index in [9.17, 15) is 0 Å². The average molecular weight is 507 g/mol. The topological polar surface area (TPSA) is 64.6 Å². The van der Waals surface area contributed by atoms with Gasteiger partial charge in [-0.1, -0.05) is 79.1 Å². The van der Waals surface area contributed by atoms with Crippen LogP contribution in [-0.2, 0) is 33.2 Å². The van der Waals surface area contributed by atoms with Gasteiger partial charge in [0.25, 0.3) is 0 Å². The van der Waals surface area contributed by atoms with Gasteiger partial charge in [0, 0.05) is 41.3 Å². The smallest absolute Gasteiger partial charge is 0.194 e. The fourth-order valence-electron chi connectivity index (χ4n) is 4.70. The highest BCUT2D eigenvalue weighted by atomic mass is 16.8.